The van der Waals surface area contributed by atoms with Gasteiger partial charge in [-0.1, -0.05) is 26.7 Å². The van der Waals surface area contributed by atoms with Crippen LogP contribution in [0.5, 0.6) is 0 Å². The lowest BCUT2D eigenvalue weighted by molar-refractivity contribution is -0.157. The Morgan fingerprint density at radius 3 is 1.32 bits per heavy atom. The molecule has 0 radical (unpaired) electrons. The third kappa shape index (κ3) is 2.34. The summed E-state index contributed by atoms with van der Waals surface area (Å²) in [5.41, 5.74) is -3.98. The highest BCUT2D eigenvalue weighted by atomic mass is 16.3. The van der Waals surface area contributed by atoms with Crippen molar-refractivity contribution < 1.29 is 24.6 Å². The first-order valence-corrected chi connectivity index (χ1v) is 5.54. The summed E-state index contributed by atoms with van der Waals surface area (Å²) in [6, 6.07) is 0. The molecule has 0 heterocycles. The third-order valence-corrected chi connectivity index (χ3v) is 3.27. The van der Waals surface area contributed by atoms with Crippen LogP contribution in [-0.2, 0) is 14.4 Å². The molecule has 0 bridgehead atoms. The molecule has 0 aromatic heterocycles. The summed E-state index contributed by atoms with van der Waals surface area (Å²) in [6.45, 7) is 9.53. The highest BCUT2D eigenvalue weighted by Gasteiger charge is 2.60. The Morgan fingerprint density at radius 1 is 0.895 bits per heavy atom. The van der Waals surface area contributed by atoms with E-state index in [0.717, 1.165) is 18.2 Å². The molecule has 5 heteroatoms. The molecule has 0 aliphatic heterocycles. The van der Waals surface area contributed by atoms with Crippen molar-refractivity contribution >= 4 is 17.3 Å². The number of carbonyl (C=O) groups is 3. The van der Waals surface area contributed by atoms with Gasteiger partial charge in [0.05, 0.1) is 13.2 Å². The molecular weight excluding hydrogens is 248 g/mol. The molecule has 0 saturated carbocycles. The number of aliphatic hydroxyl groups excluding tert-OH is 2. The molecular formula is C14H18O5. The van der Waals surface area contributed by atoms with E-state index >= 15 is 0 Å². The molecule has 0 aromatic rings. The summed E-state index contributed by atoms with van der Waals surface area (Å²) in [7, 11) is 0. The van der Waals surface area contributed by atoms with Gasteiger partial charge in [0.1, 0.15) is 0 Å². The number of hydrogen-bond donors (Lipinski definition) is 2. The van der Waals surface area contributed by atoms with Crippen molar-refractivity contribution in [3.05, 3.63) is 38.0 Å². The zero-order valence-corrected chi connectivity index (χ0v) is 10.9. The quantitative estimate of drug-likeness (QED) is 0.460. The van der Waals surface area contributed by atoms with Crippen LogP contribution < -0.4 is 0 Å². The zero-order valence-electron chi connectivity index (χ0n) is 10.9. The Labute approximate surface area is 111 Å². The minimum atomic E-state index is -2.29. The predicted octanol–water partition coefficient (Wildman–Crippen LogP) is 0.229. The van der Waals surface area contributed by atoms with E-state index in [1.165, 1.54) is 6.92 Å². The fourth-order valence-electron chi connectivity index (χ4n) is 2.00. The minimum Gasteiger partial charge on any atom is -0.396 e. The molecule has 0 spiro atoms. The molecule has 0 saturated heterocycles. The summed E-state index contributed by atoms with van der Waals surface area (Å²) in [4.78, 5) is 36.4. The van der Waals surface area contributed by atoms with Crippen LogP contribution >= 0.6 is 0 Å². The third-order valence-electron chi connectivity index (χ3n) is 3.27. The Morgan fingerprint density at radius 2 is 1.16 bits per heavy atom. The van der Waals surface area contributed by atoms with Crippen LogP contribution in [0.1, 0.15) is 6.92 Å². The second-order valence-corrected chi connectivity index (χ2v) is 4.33. The van der Waals surface area contributed by atoms with Crippen molar-refractivity contribution in [3.63, 3.8) is 0 Å². The maximum atomic E-state index is 12.1. The topological polar surface area (TPSA) is 91.7 Å². The Balaban J connectivity index is 6.53. The number of hydrogen-bond acceptors (Lipinski definition) is 5. The average molecular weight is 266 g/mol. The molecule has 0 unspecified atom stereocenters. The molecule has 0 amide bonds. The second-order valence-electron chi connectivity index (χ2n) is 4.33. The standard InChI is InChI=1S/C14H18O5/c1-5-10(17)14(11(18)6-2,12(19)7-3)13(4,8-15)9-16/h5-7,15-16H,1-3,8-9H2,4H3. The van der Waals surface area contributed by atoms with Crippen molar-refractivity contribution in [1.29, 1.82) is 0 Å². The van der Waals surface area contributed by atoms with Gasteiger partial charge < -0.3 is 10.2 Å². The van der Waals surface area contributed by atoms with Crippen molar-refractivity contribution in [2.75, 3.05) is 13.2 Å². The van der Waals surface area contributed by atoms with E-state index in [9.17, 15) is 24.6 Å². The van der Waals surface area contributed by atoms with E-state index in [1.807, 2.05) is 0 Å². The minimum absolute atomic E-state index is 0.748. The van der Waals surface area contributed by atoms with Gasteiger partial charge in [-0.05, 0) is 18.2 Å². The van der Waals surface area contributed by atoms with Gasteiger partial charge in [-0.25, -0.2) is 0 Å². The van der Waals surface area contributed by atoms with E-state index in [1.54, 1.807) is 0 Å². The predicted molar refractivity (Wildman–Crippen MR) is 70.3 cm³/mol. The fraction of sp³-hybridized carbons (Fsp3) is 0.357. The van der Waals surface area contributed by atoms with Crippen LogP contribution in [0, 0.1) is 10.8 Å². The van der Waals surface area contributed by atoms with Gasteiger partial charge >= 0.3 is 0 Å². The normalized spacial score (nSPS) is 11.5. The lowest BCUT2D eigenvalue weighted by Crippen LogP contribution is -2.59. The summed E-state index contributed by atoms with van der Waals surface area (Å²) in [6.07, 6.45) is 2.44. The fourth-order valence-corrected chi connectivity index (χ4v) is 2.00. The van der Waals surface area contributed by atoms with Crippen LogP contribution in [0.15, 0.2) is 38.0 Å². The lowest BCUT2D eigenvalue weighted by atomic mass is 9.57. The van der Waals surface area contributed by atoms with Crippen LogP contribution in [0.2, 0.25) is 0 Å². The molecule has 0 aliphatic rings. The van der Waals surface area contributed by atoms with E-state index in [2.05, 4.69) is 19.7 Å². The molecule has 104 valence electrons. The van der Waals surface area contributed by atoms with Crippen LogP contribution in [0.25, 0.3) is 0 Å². The number of allylic oxidation sites excluding steroid dienone is 3. The van der Waals surface area contributed by atoms with Gasteiger partial charge in [0.15, 0.2) is 22.8 Å². The lowest BCUT2D eigenvalue weighted by Gasteiger charge is -2.41. The van der Waals surface area contributed by atoms with Gasteiger partial charge in [0.2, 0.25) is 0 Å². The first-order valence-electron chi connectivity index (χ1n) is 5.54. The second kappa shape index (κ2) is 6.36. The van der Waals surface area contributed by atoms with E-state index in [0.29, 0.717) is 0 Å². The van der Waals surface area contributed by atoms with Crippen molar-refractivity contribution in [2.45, 2.75) is 6.92 Å². The monoisotopic (exact) mass is 266 g/mol. The highest BCUT2D eigenvalue weighted by Crippen LogP contribution is 2.42. The highest BCUT2D eigenvalue weighted by molar-refractivity contribution is 6.32. The SMILES string of the molecule is C=CC(=O)C(C(=O)C=C)(C(=O)C=C)C(C)(CO)CO. The Hall–Kier alpha value is -1.85. The van der Waals surface area contributed by atoms with E-state index in [4.69, 9.17) is 0 Å². The zero-order chi connectivity index (χ0) is 15.3. The smallest absolute Gasteiger partial charge is 0.177 e. The molecule has 0 atom stereocenters. The van der Waals surface area contributed by atoms with Crippen molar-refractivity contribution in [1.82, 2.24) is 0 Å². The Kier molecular flexibility index (Phi) is 5.74. The van der Waals surface area contributed by atoms with E-state index in [-0.39, 0.29) is 0 Å². The number of rotatable bonds is 9. The average Bonchev–Trinajstić information content (AvgIpc) is 2.45. The Bertz CT molecular complexity index is 379. The van der Waals surface area contributed by atoms with Crippen molar-refractivity contribution in [3.8, 4) is 0 Å². The first kappa shape index (κ1) is 17.2. The summed E-state index contributed by atoms with van der Waals surface area (Å²) < 4.78 is 0. The van der Waals surface area contributed by atoms with Crippen LogP contribution in [0.4, 0.5) is 0 Å². The number of ketones is 3. The molecule has 2 N–H and O–H groups in total. The van der Waals surface area contributed by atoms with E-state index < -0.39 is 41.4 Å². The molecule has 5 nitrogen and oxygen atoms in total. The maximum Gasteiger partial charge on any atom is 0.177 e. The largest absolute Gasteiger partial charge is 0.396 e. The van der Waals surface area contributed by atoms with Gasteiger partial charge in [0, 0.05) is 5.41 Å². The van der Waals surface area contributed by atoms with Crippen molar-refractivity contribution in [2.24, 2.45) is 10.8 Å². The molecule has 0 aromatic carbocycles. The van der Waals surface area contributed by atoms with Gasteiger partial charge in [-0.3, -0.25) is 14.4 Å². The molecule has 0 fully saturated rings. The molecule has 19 heavy (non-hydrogen) atoms. The maximum absolute atomic E-state index is 12.1. The summed E-state index contributed by atoms with van der Waals surface area (Å²) in [5, 5.41) is 18.9. The van der Waals surface area contributed by atoms with Gasteiger partial charge in [-0.2, -0.15) is 0 Å². The van der Waals surface area contributed by atoms with Gasteiger partial charge in [-0.15, -0.1) is 0 Å². The molecule has 0 rings (SSSR count). The van der Waals surface area contributed by atoms with Crippen LogP contribution in [0.3, 0.4) is 0 Å². The van der Waals surface area contributed by atoms with Gasteiger partial charge in [0.25, 0.3) is 0 Å². The first-order chi connectivity index (χ1) is 8.82. The number of aliphatic hydroxyl groups is 2. The van der Waals surface area contributed by atoms with Crippen LogP contribution in [-0.4, -0.2) is 40.8 Å². The molecule has 0 aliphatic carbocycles. The summed E-state index contributed by atoms with van der Waals surface area (Å²) in [5.74, 6) is -2.73. The number of carbonyl (C=O) groups excluding carboxylic acids is 3. The summed E-state index contributed by atoms with van der Waals surface area (Å²) >= 11 is 0.